The molecule has 0 aliphatic rings. The molecule has 2 unspecified atom stereocenters. The molecular formula is C13H24O5. The molecule has 0 heterocycles. The average Bonchev–Trinajstić information content (AvgIpc) is 2.22. The van der Waals surface area contributed by atoms with Gasteiger partial charge in [-0.05, 0) is 19.8 Å². The fourth-order valence-electron chi connectivity index (χ4n) is 1.22. The summed E-state index contributed by atoms with van der Waals surface area (Å²) in [5, 5.41) is 0. The molecule has 0 aromatic carbocycles. The van der Waals surface area contributed by atoms with Crippen LogP contribution in [-0.2, 0) is 23.8 Å². The van der Waals surface area contributed by atoms with Crippen LogP contribution in [0.5, 0.6) is 0 Å². The van der Waals surface area contributed by atoms with Crippen molar-refractivity contribution in [3.63, 3.8) is 0 Å². The van der Waals surface area contributed by atoms with Crippen molar-refractivity contribution in [3.8, 4) is 0 Å². The van der Waals surface area contributed by atoms with Crippen molar-refractivity contribution in [3.05, 3.63) is 0 Å². The van der Waals surface area contributed by atoms with E-state index in [0.717, 1.165) is 0 Å². The summed E-state index contributed by atoms with van der Waals surface area (Å²) in [6.45, 7) is 9.35. The third-order valence-electron chi connectivity index (χ3n) is 2.04. The first-order valence-corrected chi connectivity index (χ1v) is 6.25. The molecule has 5 nitrogen and oxygen atoms in total. The molecule has 5 heteroatoms. The quantitative estimate of drug-likeness (QED) is 0.624. The summed E-state index contributed by atoms with van der Waals surface area (Å²) >= 11 is 0. The zero-order valence-electron chi connectivity index (χ0n) is 11.9. The molecule has 0 saturated heterocycles. The van der Waals surface area contributed by atoms with Gasteiger partial charge < -0.3 is 14.2 Å². The second-order valence-corrected chi connectivity index (χ2v) is 4.84. The lowest BCUT2D eigenvalue weighted by Crippen LogP contribution is -2.26. The zero-order valence-corrected chi connectivity index (χ0v) is 11.9. The average molecular weight is 260 g/mol. The van der Waals surface area contributed by atoms with Crippen molar-refractivity contribution in [2.75, 3.05) is 13.2 Å². The fourth-order valence-corrected chi connectivity index (χ4v) is 1.22. The van der Waals surface area contributed by atoms with Gasteiger partial charge in [-0.3, -0.25) is 9.59 Å². The second kappa shape index (κ2) is 8.91. The highest BCUT2D eigenvalue weighted by Gasteiger charge is 2.13. The van der Waals surface area contributed by atoms with Gasteiger partial charge in [0.1, 0.15) is 12.7 Å². The Kier molecular flexibility index (Phi) is 8.37. The Bertz CT molecular complexity index is 262. The molecule has 0 spiro atoms. The molecule has 18 heavy (non-hydrogen) atoms. The summed E-state index contributed by atoms with van der Waals surface area (Å²) < 4.78 is 15.4. The topological polar surface area (TPSA) is 61.8 Å². The van der Waals surface area contributed by atoms with Gasteiger partial charge in [-0.2, -0.15) is 0 Å². The van der Waals surface area contributed by atoms with E-state index in [4.69, 9.17) is 14.2 Å². The molecule has 0 aliphatic carbocycles. The largest absolute Gasteiger partial charge is 0.463 e. The van der Waals surface area contributed by atoms with Crippen LogP contribution in [0.2, 0.25) is 0 Å². The Morgan fingerprint density at radius 2 is 1.61 bits per heavy atom. The Morgan fingerprint density at radius 3 is 2.11 bits per heavy atom. The Balaban J connectivity index is 3.72. The van der Waals surface area contributed by atoms with E-state index in [2.05, 4.69) is 0 Å². The zero-order chi connectivity index (χ0) is 14.1. The number of carbonyl (C=O) groups excluding carboxylic acids is 2. The molecule has 0 aromatic heterocycles. The normalized spacial score (nSPS) is 14.1. The SMILES string of the molecule is CC(=O)OCC(C)OCC(C)OC(=O)CC(C)C. The first-order chi connectivity index (χ1) is 8.31. The summed E-state index contributed by atoms with van der Waals surface area (Å²) in [6.07, 6.45) is -0.0935. The lowest BCUT2D eigenvalue weighted by atomic mass is 10.1. The van der Waals surface area contributed by atoms with Crippen LogP contribution >= 0.6 is 0 Å². The fraction of sp³-hybridized carbons (Fsp3) is 0.846. The molecule has 0 aromatic rings. The molecule has 106 valence electrons. The third kappa shape index (κ3) is 10.1. The van der Waals surface area contributed by atoms with Crippen molar-refractivity contribution in [1.29, 1.82) is 0 Å². The first-order valence-electron chi connectivity index (χ1n) is 6.25. The molecule has 0 amide bonds. The van der Waals surface area contributed by atoms with E-state index >= 15 is 0 Å². The van der Waals surface area contributed by atoms with E-state index < -0.39 is 0 Å². The predicted octanol–water partition coefficient (Wildman–Crippen LogP) is 1.93. The van der Waals surface area contributed by atoms with Gasteiger partial charge in [0.2, 0.25) is 0 Å². The number of carbonyl (C=O) groups is 2. The molecule has 2 atom stereocenters. The smallest absolute Gasteiger partial charge is 0.306 e. The number of hydrogen-bond donors (Lipinski definition) is 0. The maximum absolute atomic E-state index is 11.4. The van der Waals surface area contributed by atoms with Crippen LogP contribution < -0.4 is 0 Å². The van der Waals surface area contributed by atoms with E-state index in [-0.39, 0.29) is 36.7 Å². The maximum atomic E-state index is 11.4. The lowest BCUT2D eigenvalue weighted by Gasteiger charge is -2.17. The standard InChI is InChI=1S/C13H24O5/c1-9(2)6-13(15)18-11(4)8-16-10(3)7-17-12(5)14/h9-11H,6-8H2,1-5H3. The van der Waals surface area contributed by atoms with E-state index in [1.54, 1.807) is 13.8 Å². The molecular weight excluding hydrogens is 236 g/mol. The Labute approximate surface area is 109 Å². The Morgan fingerprint density at radius 1 is 1.00 bits per heavy atom. The summed E-state index contributed by atoms with van der Waals surface area (Å²) in [5.74, 6) is -0.260. The van der Waals surface area contributed by atoms with Crippen molar-refractivity contribution in [1.82, 2.24) is 0 Å². The number of ether oxygens (including phenoxy) is 3. The van der Waals surface area contributed by atoms with Gasteiger partial charge >= 0.3 is 11.9 Å². The van der Waals surface area contributed by atoms with E-state index in [1.807, 2.05) is 13.8 Å². The molecule has 0 aliphatic heterocycles. The summed E-state index contributed by atoms with van der Waals surface area (Å²) in [4.78, 5) is 22.0. The lowest BCUT2D eigenvalue weighted by molar-refractivity contribution is -0.154. The van der Waals surface area contributed by atoms with Crippen molar-refractivity contribution < 1.29 is 23.8 Å². The van der Waals surface area contributed by atoms with Crippen LogP contribution in [-0.4, -0.2) is 37.4 Å². The van der Waals surface area contributed by atoms with Gasteiger partial charge in [0.05, 0.1) is 12.7 Å². The van der Waals surface area contributed by atoms with Crippen LogP contribution in [0.4, 0.5) is 0 Å². The number of hydrogen-bond acceptors (Lipinski definition) is 5. The van der Waals surface area contributed by atoms with Crippen LogP contribution in [0.1, 0.15) is 41.0 Å². The first kappa shape index (κ1) is 16.9. The van der Waals surface area contributed by atoms with Crippen LogP contribution in [0.15, 0.2) is 0 Å². The Hall–Kier alpha value is -1.10. The molecule has 0 bridgehead atoms. The third-order valence-corrected chi connectivity index (χ3v) is 2.04. The van der Waals surface area contributed by atoms with Crippen LogP contribution in [0.25, 0.3) is 0 Å². The minimum Gasteiger partial charge on any atom is -0.463 e. The van der Waals surface area contributed by atoms with Gasteiger partial charge in [-0.15, -0.1) is 0 Å². The number of esters is 2. The molecule has 0 radical (unpaired) electrons. The van der Waals surface area contributed by atoms with Crippen LogP contribution in [0.3, 0.4) is 0 Å². The summed E-state index contributed by atoms with van der Waals surface area (Å²) in [6, 6.07) is 0. The maximum Gasteiger partial charge on any atom is 0.306 e. The van der Waals surface area contributed by atoms with Crippen molar-refractivity contribution in [2.24, 2.45) is 5.92 Å². The molecule has 0 N–H and O–H groups in total. The predicted molar refractivity (Wildman–Crippen MR) is 67.1 cm³/mol. The highest BCUT2D eigenvalue weighted by atomic mass is 16.6. The summed E-state index contributed by atoms with van der Waals surface area (Å²) in [5.41, 5.74) is 0. The van der Waals surface area contributed by atoms with E-state index in [0.29, 0.717) is 13.0 Å². The molecule has 0 rings (SSSR count). The van der Waals surface area contributed by atoms with Gasteiger partial charge in [0.25, 0.3) is 0 Å². The number of rotatable bonds is 8. The van der Waals surface area contributed by atoms with Crippen LogP contribution in [0, 0.1) is 5.92 Å². The minimum absolute atomic E-state index is 0.208. The van der Waals surface area contributed by atoms with E-state index in [9.17, 15) is 9.59 Å². The van der Waals surface area contributed by atoms with Gasteiger partial charge in [-0.1, -0.05) is 13.8 Å². The van der Waals surface area contributed by atoms with Gasteiger partial charge in [0, 0.05) is 13.3 Å². The highest BCUT2D eigenvalue weighted by molar-refractivity contribution is 5.69. The van der Waals surface area contributed by atoms with Gasteiger partial charge in [0.15, 0.2) is 0 Å². The molecule has 0 fully saturated rings. The van der Waals surface area contributed by atoms with Crippen molar-refractivity contribution >= 4 is 11.9 Å². The molecule has 0 saturated carbocycles. The van der Waals surface area contributed by atoms with Gasteiger partial charge in [-0.25, -0.2) is 0 Å². The van der Waals surface area contributed by atoms with E-state index in [1.165, 1.54) is 6.92 Å². The second-order valence-electron chi connectivity index (χ2n) is 4.84. The highest BCUT2D eigenvalue weighted by Crippen LogP contribution is 2.04. The summed E-state index contributed by atoms with van der Waals surface area (Å²) in [7, 11) is 0. The van der Waals surface area contributed by atoms with Crippen molar-refractivity contribution in [2.45, 2.75) is 53.2 Å². The minimum atomic E-state index is -0.332. The monoisotopic (exact) mass is 260 g/mol.